The van der Waals surface area contributed by atoms with Crippen molar-refractivity contribution in [1.82, 2.24) is 29.5 Å². The molecule has 0 atom stereocenters. The number of aromatic nitrogens is 4. The molecule has 1 amide bonds. The number of piperazine rings is 1. The van der Waals surface area contributed by atoms with Crippen LogP contribution in [-0.4, -0.2) is 62.3 Å². The van der Waals surface area contributed by atoms with Gasteiger partial charge in [0.25, 0.3) is 0 Å². The third-order valence-corrected chi connectivity index (χ3v) is 5.37. The van der Waals surface area contributed by atoms with Gasteiger partial charge in [-0.05, 0) is 31.5 Å². The van der Waals surface area contributed by atoms with Gasteiger partial charge in [-0.1, -0.05) is 6.07 Å². The molecule has 9 nitrogen and oxygen atoms in total. The van der Waals surface area contributed by atoms with E-state index in [1.54, 1.807) is 38.8 Å². The maximum Gasteiger partial charge on any atom is 0.246 e. The van der Waals surface area contributed by atoms with Crippen LogP contribution in [0.1, 0.15) is 18.3 Å². The van der Waals surface area contributed by atoms with Crippen LogP contribution in [0.3, 0.4) is 0 Å². The maximum absolute atomic E-state index is 14.7. The quantitative estimate of drug-likeness (QED) is 0.292. The van der Waals surface area contributed by atoms with Crippen LogP contribution in [0.25, 0.3) is 5.69 Å². The first kappa shape index (κ1) is 24.7. The fourth-order valence-corrected chi connectivity index (χ4v) is 3.74. The zero-order valence-electron chi connectivity index (χ0n) is 18.9. The van der Waals surface area contributed by atoms with Gasteiger partial charge in [0.15, 0.2) is 5.96 Å². The van der Waals surface area contributed by atoms with Gasteiger partial charge < -0.3 is 19.7 Å². The summed E-state index contributed by atoms with van der Waals surface area (Å²) in [6, 6.07) is 5.09. The monoisotopic (exact) mass is 566 g/mol. The number of carbonyl (C=O) groups is 1. The number of amides is 1. The van der Waals surface area contributed by atoms with Gasteiger partial charge in [0, 0.05) is 45.3 Å². The molecule has 0 unspecified atom stereocenters. The van der Waals surface area contributed by atoms with Crippen LogP contribution in [0.5, 0.6) is 0 Å². The van der Waals surface area contributed by atoms with Crippen LogP contribution < -0.4 is 10.2 Å². The summed E-state index contributed by atoms with van der Waals surface area (Å²) >= 11 is 0. The van der Waals surface area contributed by atoms with Crippen LogP contribution in [-0.2, 0) is 18.4 Å². The van der Waals surface area contributed by atoms with Crippen molar-refractivity contribution in [3.05, 3.63) is 60.2 Å². The zero-order valence-corrected chi connectivity index (χ0v) is 21.2. The summed E-state index contributed by atoms with van der Waals surface area (Å²) in [5.74, 6) is 1.02. The molecule has 3 heterocycles. The molecule has 0 radical (unpaired) electrons. The number of nitrogens with zero attached hydrogens (tertiary/aromatic N) is 7. The second-order valence-electron chi connectivity index (χ2n) is 7.64. The van der Waals surface area contributed by atoms with Gasteiger partial charge in [0.1, 0.15) is 18.2 Å². The average Bonchev–Trinajstić information content (AvgIpc) is 3.39. The SMILES string of the molecule is CCNC(=NCc1ccc(-n2ccnc2C)c(F)c1)N1CCN(c2cnn(C)c2)C(=O)C1.I. The molecule has 1 N–H and O–H groups in total. The molecule has 0 spiro atoms. The van der Waals surface area contributed by atoms with Crippen molar-refractivity contribution >= 4 is 41.5 Å². The van der Waals surface area contributed by atoms with E-state index in [-0.39, 0.29) is 42.2 Å². The molecule has 0 bridgehead atoms. The Hall–Kier alpha value is -2.96. The number of rotatable bonds is 5. The van der Waals surface area contributed by atoms with Crippen molar-refractivity contribution in [2.45, 2.75) is 20.4 Å². The van der Waals surface area contributed by atoms with Crippen LogP contribution in [0.15, 0.2) is 48.0 Å². The highest BCUT2D eigenvalue weighted by Crippen LogP contribution is 2.18. The molecule has 33 heavy (non-hydrogen) atoms. The summed E-state index contributed by atoms with van der Waals surface area (Å²) in [7, 11) is 1.83. The fourth-order valence-electron chi connectivity index (χ4n) is 3.74. The summed E-state index contributed by atoms with van der Waals surface area (Å²) in [6.07, 6.45) is 6.90. The minimum Gasteiger partial charge on any atom is -0.356 e. The van der Waals surface area contributed by atoms with E-state index >= 15 is 0 Å². The third kappa shape index (κ3) is 5.52. The molecule has 1 saturated heterocycles. The van der Waals surface area contributed by atoms with Gasteiger partial charge in [0.05, 0.1) is 24.1 Å². The molecule has 4 rings (SSSR count). The lowest BCUT2D eigenvalue weighted by molar-refractivity contribution is -0.120. The second-order valence-corrected chi connectivity index (χ2v) is 7.64. The summed E-state index contributed by atoms with van der Waals surface area (Å²) < 4.78 is 18.1. The number of nitrogens with one attached hydrogen (secondary N) is 1. The number of aryl methyl sites for hydroxylation is 2. The van der Waals surface area contributed by atoms with E-state index in [4.69, 9.17) is 0 Å². The van der Waals surface area contributed by atoms with E-state index in [1.807, 2.05) is 38.1 Å². The van der Waals surface area contributed by atoms with Crippen molar-refractivity contribution < 1.29 is 9.18 Å². The van der Waals surface area contributed by atoms with Gasteiger partial charge in [-0.25, -0.2) is 14.4 Å². The molecular formula is C22H28FIN8O. The number of guanidine groups is 1. The van der Waals surface area contributed by atoms with Crippen molar-refractivity contribution in [3.63, 3.8) is 0 Å². The Labute approximate surface area is 209 Å². The van der Waals surface area contributed by atoms with Crippen molar-refractivity contribution in [1.29, 1.82) is 0 Å². The lowest BCUT2D eigenvalue weighted by Gasteiger charge is -2.35. The summed E-state index contributed by atoms with van der Waals surface area (Å²) in [5.41, 5.74) is 2.00. The Morgan fingerprint density at radius 2 is 2.12 bits per heavy atom. The highest BCUT2D eigenvalue weighted by molar-refractivity contribution is 14.0. The predicted octanol–water partition coefficient (Wildman–Crippen LogP) is 2.49. The number of halogens is 2. The van der Waals surface area contributed by atoms with Crippen LogP contribution >= 0.6 is 24.0 Å². The Bertz CT molecular complexity index is 1140. The summed E-state index contributed by atoms with van der Waals surface area (Å²) in [6.45, 7) is 6.18. The number of benzene rings is 1. The number of hydrogen-bond donors (Lipinski definition) is 1. The number of carbonyl (C=O) groups excluding carboxylic acids is 1. The molecule has 1 aliphatic rings. The number of hydrogen-bond acceptors (Lipinski definition) is 4. The van der Waals surface area contributed by atoms with Gasteiger partial charge in [0.2, 0.25) is 5.91 Å². The first-order chi connectivity index (χ1) is 15.5. The molecule has 2 aromatic heterocycles. The summed E-state index contributed by atoms with van der Waals surface area (Å²) in [4.78, 5) is 25.2. The topological polar surface area (TPSA) is 83.6 Å². The normalized spacial score (nSPS) is 14.4. The van der Waals surface area contributed by atoms with Gasteiger partial charge in [-0.3, -0.25) is 9.48 Å². The molecule has 1 aliphatic heterocycles. The van der Waals surface area contributed by atoms with Crippen LogP contribution in [0.4, 0.5) is 10.1 Å². The van der Waals surface area contributed by atoms with E-state index in [0.717, 1.165) is 17.1 Å². The molecule has 1 fully saturated rings. The smallest absolute Gasteiger partial charge is 0.246 e. The van der Waals surface area contributed by atoms with Gasteiger partial charge in [-0.2, -0.15) is 5.10 Å². The largest absolute Gasteiger partial charge is 0.356 e. The molecule has 1 aromatic carbocycles. The number of imidazole rings is 1. The Balaban J connectivity index is 0.00000306. The van der Waals surface area contributed by atoms with Crippen LogP contribution in [0, 0.1) is 12.7 Å². The van der Waals surface area contributed by atoms with E-state index in [0.29, 0.717) is 37.8 Å². The van der Waals surface area contributed by atoms with E-state index < -0.39 is 0 Å². The first-order valence-corrected chi connectivity index (χ1v) is 10.6. The molecule has 11 heteroatoms. The van der Waals surface area contributed by atoms with Crippen molar-refractivity contribution in [2.24, 2.45) is 12.0 Å². The summed E-state index contributed by atoms with van der Waals surface area (Å²) in [5, 5.41) is 7.38. The second kappa shape index (κ2) is 10.8. The number of aliphatic imine (C=N–C) groups is 1. The molecule has 0 aliphatic carbocycles. The van der Waals surface area contributed by atoms with Gasteiger partial charge in [-0.15, -0.1) is 24.0 Å². The van der Waals surface area contributed by atoms with Gasteiger partial charge >= 0.3 is 0 Å². The maximum atomic E-state index is 14.7. The molecule has 0 saturated carbocycles. The van der Waals surface area contributed by atoms with Crippen LogP contribution in [0.2, 0.25) is 0 Å². The van der Waals surface area contributed by atoms with Crippen molar-refractivity contribution in [2.75, 3.05) is 31.1 Å². The lowest BCUT2D eigenvalue weighted by Crippen LogP contribution is -2.55. The van der Waals surface area contributed by atoms with E-state index in [9.17, 15) is 9.18 Å². The zero-order chi connectivity index (χ0) is 22.7. The Morgan fingerprint density at radius 3 is 2.73 bits per heavy atom. The van der Waals surface area contributed by atoms with E-state index in [2.05, 4.69) is 20.4 Å². The minimum atomic E-state index is -0.330. The Kier molecular flexibility index (Phi) is 8.06. The minimum absolute atomic E-state index is 0. The Morgan fingerprint density at radius 1 is 1.30 bits per heavy atom. The highest BCUT2D eigenvalue weighted by atomic mass is 127. The predicted molar refractivity (Wildman–Crippen MR) is 136 cm³/mol. The fraction of sp³-hybridized carbons (Fsp3) is 0.364. The number of anilines is 1. The standard InChI is InChI=1S/C22H27FN8O.HI/c1-4-24-22(29-9-10-31(21(32)15-29)18-13-27-28(3)14-18)26-12-17-5-6-20(19(23)11-17)30-8-7-25-16(30)2;/h5-8,11,13-14H,4,9-10,12,15H2,1-3H3,(H,24,26);1H. The highest BCUT2D eigenvalue weighted by Gasteiger charge is 2.27. The third-order valence-electron chi connectivity index (χ3n) is 5.37. The average molecular weight is 566 g/mol. The molecule has 176 valence electrons. The molecular weight excluding hydrogens is 538 g/mol. The molecule has 3 aromatic rings. The van der Waals surface area contributed by atoms with E-state index in [1.165, 1.54) is 6.07 Å². The lowest BCUT2D eigenvalue weighted by atomic mass is 10.2. The van der Waals surface area contributed by atoms with Crippen molar-refractivity contribution in [3.8, 4) is 5.69 Å². The first-order valence-electron chi connectivity index (χ1n) is 10.6.